The minimum Gasteiger partial charge on any atom is -0.423 e. The minimum absolute atomic E-state index is 0.485. The van der Waals surface area contributed by atoms with E-state index in [0.717, 1.165) is 21.7 Å². The summed E-state index contributed by atoms with van der Waals surface area (Å²) in [4.78, 5) is 9.17. The van der Waals surface area contributed by atoms with Crippen LogP contribution in [0.5, 0.6) is 0 Å². The van der Waals surface area contributed by atoms with Crippen molar-refractivity contribution in [1.82, 2.24) is 9.97 Å². The maximum absolute atomic E-state index is 5.80. The van der Waals surface area contributed by atoms with Crippen LogP contribution in [0.4, 0.5) is 11.1 Å². The number of fused-ring (bicyclic) bond motifs is 2. The Labute approximate surface area is 138 Å². The molecule has 0 saturated carbocycles. The Morgan fingerprint density at radius 3 is 2.52 bits per heavy atom. The van der Waals surface area contributed by atoms with E-state index >= 15 is 0 Å². The Morgan fingerprint density at radius 2 is 1.70 bits per heavy atom. The van der Waals surface area contributed by atoms with Gasteiger partial charge in [0, 0.05) is 0 Å². The summed E-state index contributed by atoms with van der Waals surface area (Å²) in [6, 6.07) is 8.86. The van der Waals surface area contributed by atoms with E-state index in [9.17, 15) is 0 Å². The van der Waals surface area contributed by atoms with Crippen molar-refractivity contribution in [2.24, 2.45) is 0 Å². The topological polar surface area (TPSA) is 51.0 Å². The fourth-order valence-electron chi connectivity index (χ4n) is 2.75. The van der Waals surface area contributed by atoms with E-state index in [1.807, 2.05) is 12.1 Å². The van der Waals surface area contributed by atoms with Gasteiger partial charge in [-0.2, -0.15) is 4.98 Å². The SMILES string of the molecule is Cc1cc(C)c2nc(Nc3nc4cc(C)c(C)cc4o3)sc2c1. The summed E-state index contributed by atoms with van der Waals surface area (Å²) in [6.45, 7) is 8.34. The van der Waals surface area contributed by atoms with Crippen molar-refractivity contribution in [3.8, 4) is 0 Å². The second kappa shape index (κ2) is 5.06. The second-order valence-electron chi connectivity index (χ2n) is 6.00. The van der Waals surface area contributed by atoms with Crippen LogP contribution >= 0.6 is 11.3 Å². The number of hydrogen-bond acceptors (Lipinski definition) is 5. The first kappa shape index (κ1) is 14.2. The van der Waals surface area contributed by atoms with Crippen LogP contribution in [0.2, 0.25) is 0 Å². The van der Waals surface area contributed by atoms with Gasteiger partial charge in [0.15, 0.2) is 10.7 Å². The average Bonchev–Trinajstić information content (AvgIpc) is 3.03. The largest absolute Gasteiger partial charge is 0.423 e. The van der Waals surface area contributed by atoms with E-state index in [1.54, 1.807) is 11.3 Å². The van der Waals surface area contributed by atoms with Crippen LogP contribution in [-0.4, -0.2) is 9.97 Å². The normalized spacial score (nSPS) is 11.5. The third kappa shape index (κ3) is 2.47. The summed E-state index contributed by atoms with van der Waals surface area (Å²) < 4.78 is 6.98. The predicted octanol–water partition coefficient (Wildman–Crippen LogP) is 5.41. The van der Waals surface area contributed by atoms with E-state index in [0.29, 0.717) is 6.01 Å². The van der Waals surface area contributed by atoms with E-state index in [-0.39, 0.29) is 0 Å². The van der Waals surface area contributed by atoms with Crippen molar-refractivity contribution in [2.45, 2.75) is 27.7 Å². The highest BCUT2D eigenvalue weighted by Gasteiger charge is 2.11. The van der Waals surface area contributed by atoms with Crippen LogP contribution in [0.3, 0.4) is 0 Å². The first-order valence-corrected chi connectivity index (χ1v) is 8.34. The molecule has 23 heavy (non-hydrogen) atoms. The molecule has 0 radical (unpaired) electrons. The highest BCUT2D eigenvalue weighted by molar-refractivity contribution is 7.22. The molecule has 0 amide bonds. The molecule has 4 rings (SSSR count). The van der Waals surface area contributed by atoms with Crippen molar-refractivity contribution in [3.05, 3.63) is 46.5 Å². The fourth-order valence-corrected chi connectivity index (χ4v) is 3.78. The number of rotatable bonds is 2. The van der Waals surface area contributed by atoms with Crippen LogP contribution in [0.15, 0.2) is 28.7 Å². The molecule has 2 heterocycles. The number of aromatic nitrogens is 2. The molecule has 0 atom stereocenters. The molecule has 0 aliphatic rings. The number of nitrogens with one attached hydrogen (secondary N) is 1. The Hall–Kier alpha value is -2.40. The van der Waals surface area contributed by atoms with Crippen LogP contribution < -0.4 is 5.32 Å². The van der Waals surface area contributed by atoms with Gasteiger partial charge in [0.25, 0.3) is 0 Å². The van der Waals surface area contributed by atoms with Gasteiger partial charge in [-0.1, -0.05) is 17.4 Å². The summed E-state index contributed by atoms with van der Waals surface area (Å²) in [5, 5.41) is 4.00. The first-order valence-electron chi connectivity index (χ1n) is 7.52. The molecule has 2 aromatic carbocycles. The van der Waals surface area contributed by atoms with Gasteiger partial charge in [-0.05, 0) is 68.1 Å². The quantitative estimate of drug-likeness (QED) is 0.535. The molecule has 116 valence electrons. The summed E-state index contributed by atoms with van der Waals surface area (Å²) in [5.74, 6) is 0. The average molecular weight is 323 g/mol. The second-order valence-corrected chi connectivity index (χ2v) is 7.03. The Bertz CT molecular complexity index is 1010. The summed E-state index contributed by atoms with van der Waals surface area (Å²) in [5.41, 5.74) is 7.54. The lowest BCUT2D eigenvalue weighted by Gasteiger charge is -1.96. The van der Waals surface area contributed by atoms with E-state index in [2.05, 4.69) is 55.1 Å². The first-order chi connectivity index (χ1) is 11.0. The number of oxazole rings is 1. The number of benzene rings is 2. The van der Waals surface area contributed by atoms with Gasteiger partial charge >= 0.3 is 6.01 Å². The Morgan fingerprint density at radius 1 is 0.913 bits per heavy atom. The molecule has 0 saturated heterocycles. The highest BCUT2D eigenvalue weighted by Crippen LogP contribution is 2.32. The van der Waals surface area contributed by atoms with Crippen molar-refractivity contribution < 1.29 is 4.42 Å². The number of nitrogens with zero attached hydrogens (tertiary/aromatic N) is 2. The molecule has 1 N–H and O–H groups in total. The van der Waals surface area contributed by atoms with Crippen LogP contribution in [-0.2, 0) is 0 Å². The van der Waals surface area contributed by atoms with Crippen molar-refractivity contribution in [3.63, 3.8) is 0 Å². The molecule has 2 aromatic heterocycles. The molecule has 5 heteroatoms. The summed E-state index contributed by atoms with van der Waals surface area (Å²) in [6.07, 6.45) is 0. The lowest BCUT2D eigenvalue weighted by Crippen LogP contribution is -1.88. The molecular formula is C18H17N3OS. The van der Waals surface area contributed by atoms with Crippen molar-refractivity contribution >= 4 is 43.8 Å². The van der Waals surface area contributed by atoms with Gasteiger partial charge in [-0.3, -0.25) is 5.32 Å². The maximum Gasteiger partial charge on any atom is 0.302 e. The molecule has 4 aromatic rings. The maximum atomic E-state index is 5.80. The monoisotopic (exact) mass is 323 g/mol. The van der Waals surface area contributed by atoms with Gasteiger partial charge < -0.3 is 4.42 Å². The van der Waals surface area contributed by atoms with Gasteiger partial charge in [0.1, 0.15) is 5.52 Å². The lowest BCUT2D eigenvalue weighted by molar-refractivity contribution is 0.622. The van der Waals surface area contributed by atoms with Crippen LogP contribution in [0, 0.1) is 27.7 Å². The summed E-state index contributed by atoms with van der Waals surface area (Å²) in [7, 11) is 0. The smallest absolute Gasteiger partial charge is 0.302 e. The van der Waals surface area contributed by atoms with E-state index in [1.165, 1.54) is 27.0 Å². The predicted molar refractivity (Wildman–Crippen MR) is 95.9 cm³/mol. The molecular weight excluding hydrogens is 306 g/mol. The Balaban J connectivity index is 1.74. The minimum atomic E-state index is 0.485. The number of aryl methyl sites for hydroxylation is 4. The molecule has 0 aliphatic carbocycles. The zero-order valence-corrected chi connectivity index (χ0v) is 14.3. The zero-order chi connectivity index (χ0) is 16.1. The molecule has 4 nitrogen and oxygen atoms in total. The number of hydrogen-bond donors (Lipinski definition) is 1. The third-order valence-corrected chi connectivity index (χ3v) is 4.97. The molecule has 0 spiro atoms. The van der Waals surface area contributed by atoms with Crippen LogP contribution in [0.25, 0.3) is 21.3 Å². The van der Waals surface area contributed by atoms with Gasteiger partial charge in [0.05, 0.1) is 10.2 Å². The third-order valence-electron chi connectivity index (χ3n) is 4.05. The van der Waals surface area contributed by atoms with Crippen molar-refractivity contribution in [2.75, 3.05) is 5.32 Å². The zero-order valence-electron chi connectivity index (χ0n) is 13.5. The standard InChI is InChI=1S/C18H17N3OS/c1-9-5-12(4)16-15(6-9)23-18(20-16)21-17-19-13-7-10(2)11(3)8-14(13)22-17/h5-8H,1-4H3,(H,19,20,21). The molecule has 0 unspecified atom stereocenters. The summed E-state index contributed by atoms with van der Waals surface area (Å²) >= 11 is 1.61. The fraction of sp³-hybridized carbons (Fsp3) is 0.222. The Kier molecular flexibility index (Phi) is 3.13. The van der Waals surface area contributed by atoms with Crippen molar-refractivity contribution in [1.29, 1.82) is 0 Å². The van der Waals surface area contributed by atoms with Gasteiger partial charge in [-0.25, -0.2) is 4.98 Å². The van der Waals surface area contributed by atoms with Crippen LogP contribution in [0.1, 0.15) is 22.3 Å². The molecule has 0 bridgehead atoms. The lowest BCUT2D eigenvalue weighted by atomic mass is 10.1. The van der Waals surface area contributed by atoms with E-state index in [4.69, 9.17) is 4.42 Å². The molecule has 0 fully saturated rings. The number of thiazole rings is 1. The van der Waals surface area contributed by atoms with E-state index < -0.39 is 0 Å². The number of anilines is 2. The van der Waals surface area contributed by atoms with Gasteiger partial charge in [0.2, 0.25) is 0 Å². The highest BCUT2D eigenvalue weighted by atomic mass is 32.1. The molecule has 0 aliphatic heterocycles. The van der Waals surface area contributed by atoms with Gasteiger partial charge in [-0.15, -0.1) is 0 Å².